The van der Waals surface area contributed by atoms with E-state index >= 15 is 0 Å². The molecule has 1 aromatic carbocycles. The number of ether oxygens (including phenoxy) is 1. The molecule has 1 aliphatic carbocycles. The summed E-state index contributed by atoms with van der Waals surface area (Å²) >= 11 is 0. The minimum absolute atomic E-state index is 0.233. The number of rotatable bonds is 3. The normalized spacial score (nSPS) is 25.0. The molecular weight excluding hydrogens is 198 g/mol. The first kappa shape index (κ1) is 11.5. The summed E-state index contributed by atoms with van der Waals surface area (Å²) in [7, 11) is 0. The molecule has 16 heavy (non-hydrogen) atoms. The van der Waals surface area contributed by atoms with E-state index in [0.29, 0.717) is 12.0 Å². The predicted molar refractivity (Wildman–Crippen MR) is 66.8 cm³/mol. The minimum Gasteiger partial charge on any atom is -0.491 e. The lowest BCUT2D eigenvalue weighted by Crippen LogP contribution is -2.15. The standard InChI is InChI=1S/C14H21NO/c1-10(2)16-14-6-4-3-5-13(14)11-7-8-12(15)9-11/h3-6,10-12H,7-9,15H2,1-2H3. The summed E-state index contributed by atoms with van der Waals surface area (Å²) < 4.78 is 5.85. The van der Waals surface area contributed by atoms with Crippen molar-refractivity contribution in [3.05, 3.63) is 29.8 Å². The smallest absolute Gasteiger partial charge is 0.123 e. The van der Waals surface area contributed by atoms with E-state index in [1.54, 1.807) is 0 Å². The van der Waals surface area contributed by atoms with Gasteiger partial charge in [-0.05, 0) is 50.7 Å². The molecule has 2 heteroatoms. The molecular formula is C14H21NO. The Balaban J connectivity index is 2.19. The number of hydrogen-bond donors (Lipinski definition) is 1. The van der Waals surface area contributed by atoms with E-state index in [0.717, 1.165) is 18.6 Å². The molecule has 1 fully saturated rings. The summed E-state index contributed by atoms with van der Waals surface area (Å²) in [5, 5.41) is 0. The highest BCUT2D eigenvalue weighted by atomic mass is 16.5. The molecule has 1 saturated carbocycles. The van der Waals surface area contributed by atoms with Gasteiger partial charge in [0, 0.05) is 6.04 Å². The van der Waals surface area contributed by atoms with Crippen LogP contribution in [0.15, 0.2) is 24.3 Å². The van der Waals surface area contributed by atoms with E-state index in [1.807, 2.05) is 6.07 Å². The Morgan fingerprint density at radius 1 is 1.25 bits per heavy atom. The van der Waals surface area contributed by atoms with Crippen LogP contribution in [0.25, 0.3) is 0 Å². The van der Waals surface area contributed by atoms with Crippen molar-refractivity contribution in [3.63, 3.8) is 0 Å². The molecule has 0 bridgehead atoms. The van der Waals surface area contributed by atoms with E-state index in [9.17, 15) is 0 Å². The first-order valence-electron chi connectivity index (χ1n) is 6.18. The molecule has 0 heterocycles. The van der Waals surface area contributed by atoms with E-state index in [2.05, 4.69) is 32.0 Å². The molecule has 88 valence electrons. The van der Waals surface area contributed by atoms with Crippen LogP contribution in [0.5, 0.6) is 5.75 Å². The van der Waals surface area contributed by atoms with Gasteiger partial charge in [-0.2, -0.15) is 0 Å². The van der Waals surface area contributed by atoms with Crippen molar-refractivity contribution in [2.45, 2.75) is 51.2 Å². The van der Waals surface area contributed by atoms with Gasteiger partial charge in [-0.3, -0.25) is 0 Å². The molecule has 2 unspecified atom stereocenters. The Kier molecular flexibility index (Phi) is 3.49. The van der Waals surface area contributed by atoms with E-state index in [1.165, 1.54) is 12.0 Å². The first-order chi connectivity index (χ1) is 7.66. The monoisotopic (exact) mass is 219 g/mol. The fraction of sp³-hybridized carbons (Fsp3) is 0.571. The molecule has 1 aromatic rings. The molecule has 2 nitrogen and oxygen atoms in total. The summed E-state index contributed by atoms with van der Waals surface area (Å²) in [6.07, 6.45) is 3.66. The fourth-order valence-electron chi connectivity index (χ4n) is 2.48. The van der Waals surface area contributed by atoms with Crippen LogP contribution in [-0.4, -0.2) is 12.1 Å². The highest BCUT2D eigenvalue weighted by Gasteiger charge is 2.25. The van der Waals surface area contributed by atoms with Crippen LogP contribution in [0.2, 0.25) is 0 Å². The lowest BCUT2D eigenvalue weighted by Gasteiger charge is -2.18. The average molecular weight is 219 g/mol. The number of nitrogens with two attached hydrogens (primary N) is 1. The number of hydrogen-bond acceptors (Lipinski definition) is 2. The van der Waals surface area contributed by atoms with Crippen molar-refractivity contribution in [1.82, 2.24) is 0 Å². The van der Waals surface area contributed by atoms with Gasteiger partial charge in [0.15, 0.2) is 0 Å². The molecule has 0 spiro atoms. The van der Waals surface area contributed by atoms with Gasteiger partial charge in [-0.25, -0.2) is 0 Å². The van der Waals surface area contributed by atoms with Crippen LogP contribution in [0.3, 0.4) is 0 Å². The topological polar surface area (TPSA) is 35.2 Å². The maximum Gasteiger partial charge on any atom is 0.123 e. The van der Waals surface area contributed by atoms with Crippen molar-refractivity contribution in [2.75, 3.05) is 0 Å². The second-order valence-electron chi connectivity index (χ2n) is 4.97. The van der Waals surface area contributed by atoms with Gasteiger partial charge in [-0.15, -0.1) is 0 Å². The molecule has 0 aliphatic heterocycles. The van der Waals surface area contributed by atoms with E-state index in [4.69, 9.17) is 10.5 Å². The molecule has 0 saturated heterocycles. The Morgan fingerprint density at radius 3 is 2.62 bits per heavy atom. The quantitative estimate of drug-likeness (QED) is 0.848. The second-order valence-corrected chi connectivity index (χ2v) is 4.97. The highest BCUT2D eigenvalue weighted by Crippen LogP contribution is 2.38. The SMILES string of the molecule is CC(C)Oc1ccccc1C1CCC(N)C1. The number of benzene rings is 1. The van der Waals surface area contributed by atoms with Crippen molar-refractivity contribution in [2.24, 2.45) is 5.73 Å². The molecule has 2 N–H and O–H groups in total. The molecule has 2 atom stereocenters. The summed E-state index contributed by atoms with van der Waals surface area (Å²) in [4.78, 5) is 0. The van der Waals surface area contributed by atoms with Crippen molar-refractivity contribution < 1.29 is 4.74 Å². The minimum atomic E-state index is 0.233. The zero-order valence-electron chi connectivity index (χ0n) is 10.1. The van der Waals surface area contributed by atoms with Crippen molar-refractivity contribution >= 4 is 0 Å². The molecule has 0 radical (unpaired) electrons. The van der Waals surface area contributed by atoms with Crippen molar-refractivity contribution in [3.8, 4) is 5.75 Å². The van der Waals surface area contributed by atoms with Crippen LogP contribution >= 0.6 is 0 Å². The van der Waals surface area contributed by atoms with Gasteiger partial charge in [0.05, 0.1) is 6.10 Å². The van der Waals surface area contributed by atoms with Crippen LogP contribution in [0, 0.1) is 0 Å². The lowest BCUT2D eigenvalue weighted by molar-refractivity contribution is 0.238. The molecule has 0 amide bonds. The van der Waals surface area contributed by atoms with Gasteiger partial charge in [0.25, 0.3) is 0 Å². The highest BCUT2D eigenvalue weighted by molar-refractivity contribution is 5.37. The fourth-order valence-corrected chi connectivity index (χ4v) is 2.48. The number of para-hydroxylation sites is 1. The Hall–Kier alpha value is -1.02. The lowest BCUT2D eigenvalue weighted by atomic mass is 9.96. The Morgan fingerprint density at radius 2 is 2.00 bits per heavy atom. The third-order valence-electron chi connectivity index (χ3n) is 3.19. The Bertz CT molecular complexity index is 348. The van der Waals surface area contributed by atoms with Gasteiger partial charge in [-0.1, -0.05) is 18.2 Å². The van der Waals surface area contributed by atoms with Gasteiger partial charge < -0.3 is 10.5 Å². The third-order valence-corrected chi connectivity index (χ3v) is 3.19. The second kappa shape index (κ2) is 4.88. The van der Waals surface area contributed by atoms with Gasteiger partial charge in [0.1, 0.15) is 5.75 Å². The first-order valence-corrected chi connectivity index (χ1v) is 6.18. The van der Waals surface area contributed by atoms with E-state index < -0.39 is 0 Å². The molecule has 0 aromatic heterocycles. The molecule has 1 aliphatic rings. The van der Waals surface area contributed by atoms with Gasteiger partial charge in [0.2, 0.25) is 0 Å². The summed E-state index contributed by atoms with van der Waals surface area (Å²) in [6.45, 7) is 4.13. The summed E-state index contributed by atoms with van der Waals surface area (Å²) in [5.41, 5.74) is 7.31. The maximum atomic E-state index is 5.97. The van der Waals surface area contributed by atoms with E-state index in [-0.39, 0.29) is 6.10 Å². The molecule has 2 rings (SSSR count). The largest absolute Gasteiger partial charge is 0.491 e. The maximum absolute atomic E-state index is 5.97. The van der Waals surface area contributed by atoms with Crippen LogP contribution in [-0.2, 0) is 0 Å². The van der Waals surface area contributed by atoms with Gasteiger partial charge >= 0.3 is 0 Å². The zero-order chi connectivity index (χ0) is 11.5. The van der Waals surface area contributed by atoms with Crippen molar-refractivity contribution in [1.29, 1.82) is 0 Å². The zero-order valence-corrected chi connectivity index (χ0v) is 10.1. The summed E-state index contributed by atoms with van der Waals surface area (Å²) in [6, 6.07) is 8.75. The summed E-state index contributed by atoms with van der Waals surface area (Å²) in [5.74, 6) is 1.63. The third kappa shape index (κ3) is 2.56. The van der Waals surface area contributed by atoms with Crippen LogP contribution in [0.1, 0.15) is 44.6 Å². The van der Waals surface area contributed by atoms with Crippen LogP contribution in [0.4, 0.5) is 0 Å². The average Bonchev–Trinajstić information content (AvgIpc) is 2.65. The Labute approximate surface area is 97.8 Å². The van der Waals surface area contributed by atoms with Crippen LogP contribution < -0.4 is 10.5 Å². The predicted octanol–water partition coefficient (Wildman–Crippen LogP) is 3.07.